The Morgan fingerprint density at radius 1 is 1.09 bits per heavy atom. The summed E-state index contributed by atoms with van der Waals surface area (Å²) in [5, 5.41) is 8.28. The molecule has 3 N–H and O–H groups in total. The fourth-order valence-corrected chi connectivity index (χ4v) is 3.42. The fraction of sp³-hybridized carbons (Fsp3) is 0.333. The number of amides is 3. The molecule has 1 aliphatic carbocycles. The highest BCUT2D eigenvalue weighted by Gasteiger charge is 2.36. The van der Waals surface area contributed by atoms with Crippen molar-refractivity contribution in [2.75, 3.05) is 24.3 Å². The molecule has 3 aromatic heterocycles. The van der Waals surface area contributed by atoms with Crippen molar-refractivity contribution in [3.63, 3.8) is 0 Å². The number of aryl methyl sites for hydroxylation is 1. The molecule has 1 fully saturated rings. The lowest BCUT2D eigenvalue weighted by Crippen LogP contribution is -2.30. The average Bonchev–Trinajstić information content (AvgIpc) is 3.57. The maximum absolute atomic E-state index is 12.3. The Balaban J connectivity index is 1.50. The van der Waals surface area contributed by atoms with Crippen LogP contribution in [0.4, 0.5) is 21.1 Å². The molecule has 1 saturated carbocycles. The molecule has 0 radical (unpaired) electrons. The summed E-state index contributed by atoms with van der Waals surface area (Å²) in [4.78, 5) is 41.3. The highest BCUT2D eigenvalue weighted by Crippen LogP contribution is 2.47. The summed E-state index contributed by atoms with van der Waals surface area (Å²) in [6.07, 6.45) is 7.64. The number of nitrogens with one attached hydrogen (secondary N) is 3. The van der Waals surface area contributed by atoms with E-state index in [9.17, 15) is 9.59 Å². The number of carbonyl (C=O) groups is 2. The van der Waals surface area contributed by atoms with E-state index >= 15 is 0 Å². The molecule has 0 unspecified atom stereocenters. The summed E-state index contributed by atoms with van der Waals surface area (Å²) in [5.74, 6) is 0.779. The summed E-state index contributed by atoms with van der Waals surface area (Å²) in [6.45, 7) is 4.76. The molecule has 0 aromatic carbocycles. The van der Waals surface area contributed by atoms with E-state index in [1.807, 2.05) is 13.0 Å². The molecule has 3 amide bonds. The van der Waals surface area contributed by atoms with Gasteiger partial charge in [0.25, 0.3) is 0 Å². The Labute approximate surface area is 197 Å². The lowest BCUT2D eigenvalue weighted by Gasteiger charge is -2.12. The molecule has 4 rings (SSSR count). The van der Waals surface area contributed by atoms with Crippen molar-refractivity contribution in [2.24, 2.45) is 5.41 Å². The van der Waals surface area contributed by atoms with Gasteiger partial charge in [0.05, 0.1) is 24.7 Å². The molecule has 1 aliphatic rings. The second kappa shape index (κ2) is 9.82. The van der Waals surface area contributed by atoms with Crippen LogP contribution >= 0.6 is 0 Å². The van der Waals surface area contributed by atoms with Crippen molar-refractivity contribution < 1.29 is 14.3 Å². The van der Waals surface area contributed by atoms with Crippen LogP contribution in [0, 0.1) is 12.3 Å². The van der Waals surface area contributed by atoms with E-state index in [0.29, 0.717) is 40.5 Å². The number of rotatable bonds is 7. The van der Waals surface area contributed by atoms with Gasteiger partial charge < -0.3 is 15.4 Å². The summed E-state index contributed by atoms with van der Waals surface area (Å²) >= 11 is 0. The number of ether oxygens (including phenoxy) is 1. The van der Waals surface area contributed by atoms with Gasteiger partial charge in [0, 0.05) is 35.8 Å². The molecule has 34 heavy (non-hydrogen) atoms. The van der Waals surface area contributed by atoms with Crippen molar-refractivity contribution in [2.45, 2.75) is 33.1 Å². The molecule has 0 saturated heterocycles. The molecule has 0 spiro atoms. The smallest absolute Gasteiger partial charge is 0.412 e. The standard InChI is InChI=1S/C24H27N7O3/c1-15-18(13-17(14-28-15)29-22(32)27-11-8-24(2)6-7-24)19-5-10-26-21(30-19)16-4-9-25-20(12-16)31-23(33)34-3/h4-5,9-10,12-14H,6-8,11H2,1-3H3,(H,25,31,33)(H2,27,29,32). The topological polar surface area (TPSA) is 131 Å². The zero-order valence-electron chi connectivity index (χ0n) is 19.4. The highest BCUT2D eigenvalue weighted by atomic mass is 16.5. The van der Waals surface area contributed by atoms with Crippen LogP contribution in [-0.2, 0) is 4.74 Å². The predicted octanol–water partition coefficient (Wildman–Crippen LogP) is 4.40. The molecule has 0 atom stereocenters. The molecule has 0 bridgehead atoms. The monoisotopic (exact) mass is 461 g/mol. The maximum atomic E-state index is 12.3. The quantitative estimate of drug-likeness (QED) is 0.475. The van der Waals surface area contributed by atoms with Crippen LogP contribution < -0.4 is 16.0 Å². The number of urea groups is 1. The molecular weight excluding hydrogens is 434 g/mol. The Kier molecular flexibility index (Phi) is 6.67. The number of hydrogen-bond acceptors (Lipinski definition) is 7. The van der Waals surface area contributed by atoms with Crippen molar-refractivity contribution in [3.05, 3.63) is 48.5 Å². The van der Waals surface area contributed by atoms with E-state index in [1.165, 1.54) is 20.0 Å². The minimum absolute atomic E-state index is 0.258. The van der Waals surface area contributed by atoms with Gasteiger partial charge in [0.15, 0.2) is 5.82 Å². The highest BCUT2D eigenvalue weighted by molar-refractivity contribution is 5.90. The van der Waals surface area contributed by atoms with Gasteiger partial charge in [-0.15, -0.1) is 0 Å². The summed E-state index contributed by atoms with van der Waals surface area (Å²) in [5.41, 5.74) is 3.83. The Hall–Kier alpha value is -4.08. The first kappa shape index (κ1) is 23.1. The van der Waals surface area contributed by atoms with Gasteiger partial charge in [-0.1, -0.05) is 6.92 Å². The molecule has 176 valence electrons. The van der Waals surface area contributed by atoms with Crippen molar-refractivity contribution in [3.8, 4) is 22.6 Å². The first-order chi connectivity index (χ1) is 16.3. The van der Waals surface area contributed by atoms with E-state index in [0.717, 1.165) is 17.7 Å². The largest absolute Gasteiger partial charge is 0.453 e. The third-order valence-corrected chi connectivity index (χ3v) is 5.83. The van der Waals surface area contributed by atoms with Gasteiger partial charge in [0.2, 0.25) is 0 Å². The first-order valence-electron chi connectivity index (χ1n) is 11.0. The number of pyridine rings is 2. The minimum atomic E-state index is -0.615. The lowest BCUT2D eigenvalue weighted by atomic mass is 10.1. The van der Waals surface area contributed by atoms with E-state index in [-0.39, 0.29) is 6.03 Å². The number of methoxy groups -OCH3 is 1. The van der Waals surface area contributed by atoms with E-state index in [1.54, 1.807) is 36.8 Å². The zero-order chi connectivity index (χ0) is 24.1. The number of anilines is 2. The predicted molar refractivity (Wildman–Crippen MR) is 128 cm³/mol. The van der Waals surface area contributed by atoms with Gasteiger partial charge in [-0.2, -0.15) is 0 Å². The van der Waals surface area contributed by atoms with Crippen LogP contribution in [-0.4, -0.2) is 45.7 Å². The summed E-state index contributed by atoms with van der Waals surface area (Å²) in [6, 6.07) is 6.77. The molecular formula is C24H27N7O3. The van der Waals surface area contributed by atoms with Crippen molar-refractivity contribution in [1.29, 1.82) is 0 Å². The van der Waals surface area contributed by atoms with Crippen LogP contribution in [0.25, 0.3) is 22.6 Å². The third-order valence-electron chi connectivity index (χ3n) is 5.83. The molecule has 10 nitrogen and oxygen atoms in total. The van der Waals surface area contributed by atoms with Crippen LogP contribution in [0.15, 0.2) is 42.9 Å². The number of carbonyl (C=O) groups excluding carboxylic acids is 2. The zero-order valence-corrected chi connectivity index (χ0v) is 19.4. The Morgan fingerprint density at radius 2 is 1.88 bits per heavy atom. The molecule has 0 aliphatic heterocycles. The van der Waals surface area contributed by atoms with E-state index < -0.39 is 6.09 Å². The van der Waals surface area contributed by atoms with E-state index in [2.05, 4.69) is 47.5 Å². The number of aromatic nitrogens is 4. The van der Waals surface area contributed by atoms with Gasteiger partial charge in [-0.3, -0.25) is 10.3 Å². The van der Waals surface area contributed by atoms with E-state index in [4.69, 9.17) is 0 Å². The number of nitrogens with zero attached hydrogens (tertiary/aromatic N) is 4. The maximum Gasteiger partial charge on any atom is 0.412 e. The SMILES string of the molecule is COC(=O)Nc1cc(-c2nccc(-c3cc(NC(=O)NCCC4(C)CC4)cnc3C)n2)ccn1. The normalized spacial score (nSPS) is 13.6. The van der Waals surface area contributed by atoms with Crippen molar-refractivity contribution >= 4 is 23.6 Å². The average molecular weight is 462 g/mol. The van der Waals surface area contributed by atoms with Gasteiger partial charge >= 0.3 is 12.1 Å². The first-order valence-corrected chi connectivity index (χ1v) is 11.0. The summed E-state index contributed by atoms with van der Waals surface area (Å²) in [7, 11) is 1.28. The Morgan fingerprint density at radius 3 is 2.65 bits per heavy atom. The van der Waals surface area contributed by atoms with Crippen LogP contribution in [0.2, 0.25) is 0 Å². The van der Waals surface area contributed by atoms with Gasteiger partial charge in [-0.05, 0) is 55.9 Å². The Bertz CT molecular complexity index is 1210. The van der Waals surface area contributed by atoms with Crippen molar-refractivity contribution in [1.82, 2.24) is 25.3 Å². The molecule has 10 heteroatoms. The van der Waals surface area contributed by atoms with Gasteiger partial charge in [-0.25, -0.2) is 24.5 Å². The molecule has 3 aromatic rings. The summed E-state index contributed by atoms with van der Waals surface area (Å²) < 4.78 is 4.60. The van der Waals surface area contributed by atoms with Gasteiger partial charge in [0.1, 0.15) is 5.82 Å². The minimum Gasteiger partial charge on any atom is -0.453 e. The second-order valence-corrected chi connectivity index (χ2v) is 8.61. The van der Waals surface area contributed by atoms with Crippen LogP contribution in [0.5, 0.6) is 0 Å². The second-order valence-electron chi connectivity index (χ2n) is 8.61. The fourth-order valence-electron chi connectivity index (χ4n) is 3.42. The molecule has 3 heterocycles. The third kappa shape index (κ3) is 5.83. The lowest BCUT2D eigenvalue weighted by molar-refractivity contribution is 0.187. The number of hydrogen-bond donors (Lipinski definition) is 3. The van der Waals surface area contributed by atoms with Crippen LogP contribution in [0.1, 0.15) is 31.9 Å². The van der Waals surface area contributed by atoms with Crippen LogP contribution in [0.3, 0.4) is 0 Å².